The van der Waals surface area contributed by atoms with Gasteiger partial charge in [0.05, 0.1) is 56.9 Å². The molecule has 0 amide bonds. The van der Waals surface area contributed by atoms with Gasteiger partial charge in [0.2, 0.25) is 0 Å². The third kappa shape index (κ3) is 3.89. The topological polar surface area (TPSA) is 83.5 Å². The van der Waals surface area contributed by atoms with Crippen molar-refractivity contribution in [2.24, 2.45) is 0 Å². The second-order valence-corrected chi connectivity index (χ2v) is 12.3. The molecule has 0 aliphatic rings. The van der Waals surface area contributed by atoms with Crippen LogP contribution >= 0.6 is 0 Å². The Morgan fingerprint density at radius 3 is 2.20 bits per heavy atom. The highest BCUT2D eigenvalue weighted by Gasteiger charge is 2.20. The molecular formula is C43H23N5O. The van der Waals surface area contributed by atoms with Crippen molar-refractivity contribution >= 4 is 65.6 Å². The second kappa shape index (κ2) is 10.2. The van der Waals surface area contributed by atoms with Gasteiger partial charge >= 0.3 is 0 Å². The number of nitrogens with zero attached hydrogens (tertiary/aromatic N) is 5. The summed E-state index contributed by atoms with van der Waals surface area (Å²) in [5.41, 5.74) is 10.7. The molecule has 0 bridgehead atoms. The summed E-state index contributed by atoms with van der Waals surface area (Å²) in [5, 5.41) is 26.3. The number of pyridine rings is 1. The highest BCUT2D eigenvalue weighted by Crippen LogP contribution is 2.41. The van der Waals surface area contributed by atoms with E-state index in [2.05, 4.69) is 93.0 Å². The average Bonchev–Trinajstić information content (AvgIpc) is 3.82. The van der Waals surface area contributed by atoms with Crippen LogP contribution in [0.2, 0.25) is 0 Å². The van der Waals surface area contributed by atoms with E-state index in [4.69, 9.17) is 4.42 Å². The Balaban J connectivity index is 1.22. The maximum absolute atomic E-state index is 10.2. The number of aromatic nitrogens is 3. The Kier molecular flexibility index (Phi) is 5.61. The lowest BCUT2D eigenvalue weighted by Crippen LogP contribution is -1.97. The monoisotopic (exact) mass is 625 g/mol. The fourth-order valence-electron chi connectivity index (χ4n) is 7.55. The van der Waals surface area contributed by atoms with Gasteiger partial charge < -0.3 is 13.6 Å². The smallest absolute Gasteiger partial charge is 0.137 e. The molecule has 0 atom stereocenters. The van der Waals surface area contributed by atoms with Crippen LogP contribution in [0.25, 0.3) is 88.1 Å². The van der Waals surface area contributed by atoms with E-state index in [1.807, 2.05) is 73.1 Å². The number of hydrogen-bond donors (Lipinski definition) is 0. The van der Waals surface area contributed by atoms with Crippen LogP contribution in [0, 0.1) is 22.7 Å². The molecule has 0 N–H and O–H groups in total. The standard InChI is InChI=1S/C43H23N5O/c44-23-26-12-14-38-36(20-26)32-8-1-3-10-37(32)47(38)31-19-27(24-45)18-29(22-31)28-6-5-7-30(21-28)48-39-25-46-17-16-33(39)34-13-15-41-42(43(34)48)35-9-2-4-11-40(35)49-41/h1-22,25H. The van der Waals surface area contributed by atoms with Crippen LogP contribution in [0.4, 0.5) is 0 Å². The van der Waals surface area contributed by atoms with E-state index in [1.165, 1.54) is 0 Å². The van der Waals surface area contributed by atoms with Gasteiger partial charge in [0.25, 0.3) is 0 Å². The van der Waals surface area contributed by atoms with Gasteiger partial charge in [-0.15, -0.1) is 0 Å². The van der Waals surface area contributed by atoms with Crippen molar-refractivity contribution in [1.82, 2.24) is 14.1 Å². The van der Waals surface area contributed by atoms with Crippen molar-refractivity contribution in [2.75, 3.05) is 0 Å². The zero-order valence-electron chi connectivity index (χ0n) is 25.9. The van der Waals surface area contributed by atoms with E-state index in [1.54, 1.807) is 0 Å². The summed E-state index contributed by atoms with van der Waals surface area (Å²) in [6.45, 7) is 0. The predicted molar refractivity (Wildman–Crippen MR) is 195 cm³/mol. The first kappa shape index (κ1) is 27.0. The van der Waals surface area contributed by atoms with Gasteiger partial charge in [0.1, 0.15) is 11.2 Å². The quantitative estimate of drug-likeness (QED) is 0.196. The number of furan rings is 1. The number of fused-ring (bicyclic) bond motifs is 10. The van der Waals surface area contributed by atoms with Crippen LogP contribution in [0.15, 0.2) is 144 Å². The lowest BCUT2D eigenvalue weighted by molar-refractivity contribution is 0.669. The number of rotatable bonds is 3. The summed E-state index contributed by atoms with van der Waals surface area (Å²) in [6.07, 6.45) is 3.76. The van der Waals surface area contributed by atoms with Crippen molar-refractivity contribution in [3.63, 3.8) is 0 Å². The first-order valence-electron chi connectivity index (χ1n) is 16.0. The molecule has 10 aromatic rings. The normalized spacial score (nSPS) is 11.6. The van der Waals surface area contributed by atoms with Crippen LogP contribution in [-0.2, 0) is 0 Å². The van der Waals surface area contributed by atoms with E-state index in [9.17, 15) is 10.5 Å². The highest BCUT2D eigenvalue weighted by atomic mass is 16.3. The average molecular weight is 626 g/mol. The largest absolute Gasteiger partial charge is 0.456 e. The molecule has 6 aromatic carbocycles. The van der Waals surface area contributed by atoms with Gasteiger partial charge in [-0.2, -0.15) is 10.5 Å². The van der Waals surface area contributed by atoms with Gasteiger partial charge in [0, 0.05) is 44.5 Å². The second-order valence-electron chi connectivity index (χ2n) is 12.3. The maximum atomic E-state index is 10.2. The van der Waals surface area contributed by atoms with Crippen LogP contribution in [0.3, 0.4) is 0 Å². The zero-order chi connectivity index (χ0) is 32.6. The van der Waals surface area contributed by atoms with Crippen molar-refractivity contribution in [3.8, 4) is 34.6 Å². The summed E-state index contributed by atoms with van der Waals surface area (Å²) in [5.74, 6) is 0. The molecule has 0 saturated carbocycles. The molecule has 4 heterocycles. The lowest BCUT2D eigenvalue weighted by atomic mass is 10.0. The fourth-order valence-corrected chi connectivity index (χ4v) is 7.55. The minimum atomic E-state index is 0.560. The maximum Gasteiger partial charge on any atom is 0.137 e. The molecule has 10 rings (SSSR count). The Bertz CT molecular complexity index is 3090. The van der Waals surface area contributed by atoms with Crippen LogP contribution < -0.4 is 0 Å². The first-order chi connectivity index (χ1) is 24.2. The Labute approximate surface area is 279 Å². The minimum Gasteiger partial charge on any atom is -0.456 e. The molecule has 226 valence electrons. The number of hydrogen-bond acceptors (Lipinski definition) is 4. The summed E-state index contributed by atoms with van der Waals surface area (Å²) < 4.78 is 10.8. The summed E-state index contributed by atoms with van der Waals surface area (Å²) >= 11 is 0. The summed E-state index contributed by atoms with van der Waals surface area (Å²) in [7, 11) is 0. The molecule has 6 heteroatoms. The van der Waals surface area contributed by atoms with E-state index >= 15 is 0 Å². The number of para-hydroxylation sites is 2. The first-order valence-corrected chi connectivity index (χ1v) is 16.0. The molecule has 4 aromatic heterocycles. The van der Waals surface area contributed by atoms with Gasteiger partial charge in [-0.1, -0.05) is 48.5 Å². The lowest BCUT2D eigenvalue weighted by Gasteiger charge is -2.13. The van der Waals surface area contributed by atoms with Crippen LogP contribution in [-0.4, -0.2) is 14.1 Å². The molecule has 0 radical (unpaired) electrons. The molecule has 0 saturated heterocycles. The zero-order valence-corrected chi connectivity index (χ0v) is 25.9. The van der Waals surface area contributed by atoms with E-state index in [-0.39, 0.29) is 0 Å². The molecule has 0 aliphatic heterocycles. The van der Waals surface area contributed by atoms with Crippen molar-refractivity contribution in [2.45, 2.75) is 0 Å². The van der Waals surface area contributed by atoms with Gasteiger partial charge in [-0.25, -0.2) is 0 Å². The Hall–Kier alpha value is -7.15. The van der Waals surface area contributed by atoms with E-state index in [0.717, 1.165) is 88.1 Å². The van der Waals surface area contributed by atoms with Gasteiger partial charge in [-0.3, -0.25) is 4.98 Å². The third-order valence-electron chi connectivity index (χ3n) is 9.62. The highest BCUT2D eigenvalue weighted by molar-refractivity contribution is 6.24. The predicted octanol–water partition coefficient (Wildman–Crippen LogP) is 10.6. The van der Waals surface area contributed by atoms with Crippen molar-refractivity contribution < 1.29 is 4.42 Å². The van der Waals surface area contributed by atoms with Crippen molar-refractivity contribution in [1.29, 1.82) is 10.5 Å². The minimum absolute atomic E-state index is 0.560. The van der Waals surface area contributed by atoms with Crippen molar-refractivity contribution in [3.05, 3.63) is 151 Å². The Morgan fingerprint density at radius 2 is 1.31 bits per heavy atom. The molecule has 0 aliphatic carbocycles. The molecule has 49 heavy (non-hydrogen) atoms. The van der Waals surface area contributed by atoms with E-state index in [0.29, 0.717) is 11.1 Å². The van der Waals surface area contributed by atoms with Crippen LogP contribution in [0.5, 0.6) is 0 Å². The van der Waals surface area contributed by atoms with Gasteiger partial charge in [-0.05, 0) is 90.0 Å². The van der Waals surface area contributed by atoms with E-state index < -0.39 is 0 Å². The summed E-state index contributed by atoms with van der Waals surface area (Å²) in [6, 6.07) is 47.5. The molecule has 6 nitrogen and oxygen atoms in total. The van der Waals surface area contributed by atoms with Gasteiger partial charge in [0.15, 0.2) is 0 Å². The molecule has 0 unspecified atom stereocenters. The van der Waals surface area contributed by atoms with Crippen LogP contribution in [0.1, 0.15) is 11.1 Å². The molecular weight excluding hydrogens is 603 g/mol. The SMILES string of the molecule is N#Cc1cc(-c2cccc(-n3c4cnccc4c4ccc5oc6ccccc6c5c43)c2)cc(-n2c3ccccc3c3cc(C#N)ccc32)c1. The molecule has 0 spiro atoms. The number of nitriles is 2. The third-order valence-corrected chi connectivity index (χ3v) is 9.62. The summed E-state index contributed by atoms with van der Waals surface area (Å²) in [4.78, 5) is 4.53. The molecule has 0 fully saturated rings. The number of benzene rings is 6. The Morgan fingerprint density at radius 1 is 0.510 bits per heavy atom. The fraction of sp³-hybridized carbons (Fsp3) is 0.